The maximum absolute atomic E-state index is 12.8. The topological polar surface area (TPSA) is 92.8 Å². The van der Waals surface area contributed by atoms with Crippen LogP contribution in [0.25, 0.3) is 0 Å². The molecule has 0 unspecified atom stereocenters. The van der Waals surface area contributed by atoms with Crippen molar-refractivity contribution >= 4 is 35.1 Å². The summed E-state index contributed by atoms with van der Waals surface area (Å²) in [4.78, 5) is 51.6. The van der Waals surface area contributed by atoms with Gasteiger partial charge in [0.15, 0.2) is 6.61 Å². The molecule has 2 atom stereocenters. The molecule has 0 radical (unpaired) electrons. The molecule has 2 aromatic rings. The molecule has 166 valence electrons. The van der Waals surface area contributed by atoms with Crippen molar-refractivity contribution in [1.29, 1.82) is 0 Å². The molecule has 1 heterocycles. The molecular formula is C25H26N2O5. The van der Waals surface area contributed by atoms with E-state index in [1.165, 1.54) is 17.0 Å². The molecule has 3 amide bonds. The van der Waals surface area contributed by atoms with Crippen LogP contribution in [-0.4, -0.2) is 30.3 Å². The van der Waals surface area contributed by atoms with Crippen LogP contribution in [-0.2, 0) is 19.1 Å². The predicted molar refractivity (Wildman–Crippen MR) is 119 cm³/mol. The van der Waals surface area contributed by atoms with Crippen LogP contribution in [0.3, 0.4) is 0 Å². The number of esters is 1. The molecule has 1 saturated carbocycles. The average Bonchev–Trinajstić information content (AvgIpc) is 3.05. The first-order valence-electron chi connectivity index (χ1n) is 10.9. The summed E-state index contributed by atoms with van der Waals surface area (Å²) in [6, 6.07) is 11.8. The molecule has 7 nitrogen and oxygen atoms in total. The van der Waals surface area contributed by atoms with E-state index in [4.69, 9.17) is 4.74 Å². The standard InChI is InChI=1S/C25H26N2O5/c1-15-7-5-12-21(16(15)2)26-22(28)14-32-25(31)17-8-6-9-18(13-17)27-23(29)19-10-3-4-11-20(19)24(27)30/h5-9,12-13,19-20H,3-4,10-11,14H2,1-2H3,(H,26,28)/t19-,20-/m1/s1. The van der Waals surface area contributed by atoms with Gasteiger partial charge in [-0.2, -0.15) is 0 Å². The zero-order chi connectivity index (χ0) is 22.8. The summed E-state index contributed by atoms with van der Waals surface area (Å²) in [6.07, 6.45) is 3.35. The third-order valence-electron chi connectivity index (χ3n) is 6.39. The van der Waals surface area contributed by atoms with Gasteiger partial charge in [-0.05, 0) is 62.1 Å². The summed E-state index contributed by atoms with van der Waals surface area (Å²) in [6.45, 7) is 3.41. The second kappa shape index (κ2) is 8.94. The van der Waals surface area contributed by atoms with Crippen molar-refractivity contribution in [2.75, 3.05) is 16.8 Å². The monoisotopic (exact) mass is 434 g/mol. The lowest BCUT2D eigenvalue weighted by molar-refractivity contribution is -0.122. The minimum atomic E-state index is -0.695. The Morgan fingerprint density at radius 3 is 2.34 bits per heavy atom. The number of carbonyl (C=O) groups is 4. The number of hydrogen-bond acceptors (Lipinski definition) is 5. The Morgan fingerprint density at radius 2 is 1.66 bits per heavy atom. The van der Waals surface area contributed by atoms with E-state index < -0.39 is 18.5 Å². The highest BCUT2D eigenvalue weighted by molar-refractivity contribution is 6.22. The van der Waals surface area contributed by atoms with Gasteiger partial charge in [0.1, 0.15) is 0 Å². The van der Waals surface area contributed by atoms with E-state index in [0.717, 1.165) is 36.8 Å². The van der Waals surface area contributed by atoms with Crippen LogP contribution in [0, 0.1) is 25.7 Å². The maximum Gasteiger partial charge on any atom is 0.338 e. The molecule has 1 aliphatic heterocycles. The Kier molecular flexibility index (Phi) is 6.08. The molecule has 0 aromatic heterocycles. The molecule has 0 spiro atoms. The molecule has 1 saturated heterocycles. The largest absolute Gasteiger partial charge is 0.452 e. The Balaban J connectivity index is 1.41. The second-order valence-electron chi connectivity index (χ2n) is 8.43. The van der Waals surface area contributed by atoms with Crippen LogP contribution in [0.15, 0.2) is 42.5 Å². The molecular weight excluding hydrogens is 408 g/mol. The first-order valence-corrected chi connectivity index (χ1v) is 10.9. The fourth-order valence-corrected chi connectivity index (χ4v) is 4.48. The van der Waals surface area contributed by atoms with Crippen molar-refractivity contribution in [3.05, 3.63) is 59.2 Å². The number of ether oxygens (including phenoxy) is 1. The summed E-state index contributed by atoms with van der Waals surface area (Å²) in [7, 11) is 0. The summed E-state index contributed by atoms with van der Waals surface area (Å²) in [5.41, 5.74) is 3.20. The number of nitrogens with one attached hydrogen (secondary N) is 1. The lowest BCUT2D eigenvalue weighted by atomic mass is 9.81. The van der Waals surface area contributed by atoms with E-state index in [1.54, 1.807) is 18.2 Å². The quantitative estimate of drug-likeness (QED) is 0.571. The minimum Gasteiger partial charge on any atom is -0.452 e. The lowest BCUT2D eigenvalue weighted by Gasteiger charge is -2.19. The number of rotatable bonds is 5. The number of benzene rings is 2. The summed E-state index contributed by atoms with van der Waals surface area (Å²) < 4.78 is 5.16. The number of hydrogen-bond donors (Lipinski definition) is 1. The SMILES string of the molecule is Cc1cccc(NC(=O)COC(=O)c2cccc(N3C(=O)[C@@H]4CCCC[C@H]4C3=O)c2)c1C. The van der Waals surface area contributed by atoms with E-state index >= 15 is 0 Å². The van der Waals surface area contributed by atoms with Gasteiger partial charge in [0, 0.05) is 5.69 Å². The molecule has 0 bridgehead atoms. The molecule has 2 aliphatic rings. The highest BCUT2D eigenvalue weighted by Crippen LogP contribution is 2.40. The average molecular weight is 434 g/mol. The van der Waals surface area contributed by atoms with E-state index in [0.29, 0.717) is 11.4 Å². The number of fused-ring (bicyclic) bond motifs is 1. The lowest BCUT2D eigenvalue weighted by Crippen LogP contribution is -2.31. The normalized spacial score (nSPS) is 20.1. The van der Waals surface area contributed by atoms with Crippen molar-refractivity contribution in [2.24, 2.45) is 11.8 Å². The van der Waals surface area contributed by atoms with Gasteiger partial charge in [-0.15, -0.1) is 0 Å². The van der Waals surface area contributed by atoms with Gasteiger partial charge in [-0.1, -0.05) is 31.0 Å². The van der Waals surface area contributed by atoms with Gasteiger partial charge in [0.2, 0.25) is 11.8 Å². The Labute approximate surface area is 186 Å². The van der Waals surface area contributed by atoms with Gasteiger partial charge >= 0.3 is 5.97 Å². The summed E-state index contributed by atoms with van der Waals surface area (Å²) >= 11 is 0. The van der Waals surface area contributed by atoms with E-state index in [9.17, 15) is 19.2 Å². The predicted octanol–water partition coefficient (Wildman–Crippen LogP) is 3.78. The Hall–Kier alpha value is -3.48. The highest BCUT2D eigenvalue weighted by atomic mass is 16.5. The zero-order valence-electron chi connectivity index (χ0n) is 18.2. The molecule has 2 fully saturated rings. The van der Waals surface area contributed by atoms with Crippen LogP contribution in [0.4, 0.5) is 11.4 Å². The summed E-state index contributed by atoms with van der Waals surface area (Å²) in [5, 5.41) is 2.74. The minimum absolute atomic E-state index is 0.178. The summed E-state index contributed by atoms with van der Waals surface area (Å²) in [5.74, 6) is -2.06. The van der Waals surface area contributed by atoms with Crippen molar-refractivity contribution in [1.82, 2.24) is 0 Å². The fourth-order valence-electron chi connectivity index (χ4n) is 4.48. The zero-order valence-corrected chi connectivity index (χ0v) is 18.2. The molecule has 2 aromatic carbocycles. The fraction of sp³-hybridized carbons (Fsp3) is 0.360. The number of imide groups is 1. The van der Waals surface area contributed by atoms with E-state index in [1.807, 2.05) is 26.0 Å². The van der Waals surface area contributed by atoms with Crippen molar-refractivity contribution in [3.63, 3.8) is 0 Å². The molecule has 7 heteroatoms. The van der Waals surface area contributed by atoms with Crippen molar-refractivity contribution in [2.45, 2.75) is 39.5 Å². The van der Waals surface area contributed by atoms with E-state index in [2.05, 4.69) is 5.32 Å². The Bertz CT molecular complexity index is 1070. The van der Waals surface area contributed by atoms with Crippen LogP contribution in [0.2, 0.25) is 0 Å². The van der Waals surface area contributed by atoms with Gasteiger partial charge in [0.25, 0.3) is 5.91 Å². The van der Waals surface area contributed by atoms with E-state index in [-0.39, 0.29) is 29.2 Å². The number of carbonyl (C=O) groups excluding carboxylic acids is 4. The van der Waals surface area contributed by atoms with Gasteiger partial charge < -0.3 is 10.1 Å². The third-order valence-corrected chi connectivity index (χ3v) is 6.39. The second-order valence-corrected chi connectivity index (χ2v) is 8.43. The first-order chi connectivity index (χ1) is 15.4. The smallest absolute Gasteiger partial charge is 0.338 e. The molecule has 1 aliphatic carbocycles. The number of anilines is 2. The van der Waals surface area contributed by atoms with Crippen LogP contribution >= 0.6 is 0 Å². The molecule has 1 N–H and O–H groups in total. The molecule has 32 heavy (non-hydrogen) atoms. The van der Waals surface area contributed by atoms with Gasteiger partial charge in [0.05, 0.1) is 23.1 Å². The van der Waals surface area contributed by atoms with Crippen LogP contribution < -0.4 is 10.2 Å². The third kappa shape index (κ3) is 4.15. The Morgan fingerprint density at radius 1 is 1.00 bits per heavy atom. The van der Waals surface area contributed by atoms with Crippen LogP contribution in [0.1, 0.15) is 47.2 Å². The molecule has 4 rings (SSSR count). The van der Waals surface area contributed by atoms with Gasteiger partial charge in [-0.25, -0.2) is 4.79 Å². The number of nitrogens with zero attached hydrogens (tertiary/aromatic N) is 1. The first kappa shape index (κ1) is 21.7. The maximum atomic E-state index is 12.8. The number of aryl methyl sites for hydroxylation is 1. The van der Waals surface area contributed by atoms with Crippen molar-refractivity contribution in [3.8, 4) is 0 Å². The number of amides is 3. The highest BCUT2D eigenvalue weighted by Gasteiger charge is 2.48. The van der Waals surface area contributed by atoms with Gasteiger partial charge in [-0.3, -0.25) is 19.3 Å². The van der Waals surface area contributed by atoms with Crippen LogP contribution in [0.5, 0.6) is 0 Å². The van der Waals surface area contributed by atoms with Crippen molar-refractivity contribution < 1.29 is 23.9 Å².